The summed E-state index contributed by atoms with van der Waals surface area (Å²) in [4.78, 5) is 0. The van der Waals surface area contributed by atoms with Crippen LogP contribution in [0.5, 0.6) is 0 Å². The van der Waals surface area contributed by atoms with E-state index in [1.165, 1.54) is 0 Å². The Kier molecular flexibility index (Phi) is 2.26. The Labute approximate surface area is 47.1 Å². The molecular weight excluding hydrogens is 90.1 g/mol. The van der Waals surface area contributed by atoms with E-state index in [4.69, 9.17) is 13.6 Å². The van der Waals surface area contributed by atoms with Crippen LogP contribution in [0.25, 0.3) is 0 Å². The number of aliphatic hydroxyl groups is 1. The van der Waals surface area contributed by atoms with Gasteiger partial charge in [-0.25, -0.2) is 0 Å². The molecule has 0 aromatic rings. The fourth-order valence-corrected chi connectivity index (χ4v) is 0.357. The van der Waals surface area contributed by atoms with Crippen molar-refractivity contribution >= 4 is 0 Å². The Bertz CT molecular complexity index is 81.5. The van der Waals surface area contributed by atoms with Gasteiger partial charge < -0.3 is 10.8 Å². The van der Waals surface area contributed by atoms with Crippen LogP contribution in [0.3, 0.4) is 0 Å². The van der Waals surface area contributed by atoms with Crippen LogP contribution in [0.1, 0.15) is 22.5 Å². The van der Waals surface area contributed by atoms with Crippen molar-refractivity contribution in [2.24, 2.45) is 5.73 Å². The van der Waals surface area contributed by atoms with E-state index >= 15 is 0 Å². The summed E-state index contributed by atoms with van der Waals surface area (Å²) in [5.74, 6) is 0. The topological polar surface area (TPSA) is 46.2 Å². The van der Waals surface area contributed by atoms with Gasteiger partial charge in [-0.2, -0.15) is 0 Å². The van der Waals surface area contributed by atoms with Crippen LogP contribution in [0.2, 0.25) is 0 Å². The minimum absolute atomic E-state index is 0.420. The third-order valence-electron chi connectivity index (χ3n) is 0.754. The molecule has 44 valence electrons. The molecule has 0 bridgehead atoms. The van der Waals surface area contributed by atoms with E-state index in [9.17, 15) is 0 Å². The first-order valence-electron chi connectivity index (χ1n) is 3.45. The van der Waals surface area contributed by atoms with E-state index in [2.05, 4.69) is 0 Å². The summed E-state index contributed by atoms with van der Waals surface area (Å²) in [5.41, 5.74) is 4.95. The molecule has 0 heterocycles. The molecule has 0 aromatic carbocycles. The highest BCUT2D eigenvalue weighted by Crippen LogP contribution is 1.91. The van der Waals surface area contributed by atoms with Crippen LogP contribution in [0.4, 0.5) is 0 Å². The van der Waals surface area contributed by atoms with Crippen molar-refractivity contribution in [1.82, 2.24) is 0 Å². The highest BCUT2D eigenvalue weighted by molar-refractivity contribution is 4.51. The van der Waals surface area contributed by atoms with Crippen LogP contribution < -0.4 is 5.73 Å². The monoisotopic (exact) mass is 105 g/mol. The predicted molar refractivity (Wildman–Crippen MR) is 30.0 cm³/mol. The fraction of sp³-hybridized carbons (Fsp3) is 1.00. The van der Waals surface area contributed by atoms with Gasteiger partial charge in [0.1, 0.15) is 0 Å². The smallest absolute Gasteiger partial charge is 0.0662 e. The van der Waals surface area contributed by atoms with Gasteiger partial charge in [-0.3, -0.25) is 0 Å². The second-order valence-electron chi connectivity index (χ2n) is 1.47. The van der Waals surface area contributed by atoms with E-state index in [1.54, 1.807) is 0 Å². The molecule has 3 N–H and O–H groups in total. The lowest BCUT2D eigenvalue weighted by Crippen LogP contribution is -2.18. The number of hydrogen-bond donors (Lipinski definition) is 2. The first kappa shape index (κ1) is 3.87. The Morgan fingerprint density at radius 1 is 2.00 bits per heavy atom. The molecule has 7 heavy (non-hydrogen) atoms. The third-order valence-corrected chi connectivity index (χ3v) is 0.754. The van der Waals surface area contributed by atoms with Crippen LogP contribution >= 0.6 is 0 Å². The van der Waals surface area contributed by atoms with Crippen LogP contribution in [0.15, 0.2) is 0 Å². The van der Waals surface area contributed by atoms with E-state index in [-0.39, 0.29) is 0 Å². The molecule has 2 heteroatoms. The maximum Gasteiger partial charge on any atom is 0.0662 e. The molecule has 1 atom stereocenters. The van der Waals surface area contributed by atoms with Crippen molar-refractivity contribution in [1.29, 1.82) is 0 Å². The van der Waals surface area contributed by atoms with Crippen molar-refractivity contribution < 1.29 is 7.85 Å². The average molecular weight is 105 g/mol. The van der Waals surface area contributed by atoms with Gasteiger partial charge in [0.05, 0.1) is 6.10 Å². The molecule has 0 rings (SSSR count). The SMILES string of the molecule is [2H]C([2H])(N)C(O)CCC. The lowest BCUT2D eigenvalue weighted by atomic mass is 10.2. The maximum atomic E-state index is 8.89. The summed E-state index contributed by atoms with van der Waals surface area (Å²) >= 11 is 0. The van der Waals surface area contributed by atoms with E-state index in [1.807, 2.05) is 6.92 Å². The molecule has 0 aromatic heterocycles. The molecule has 0 fully saturated rings. The first-order chi connectivity index (χ1) is 3.98. The molecule has 2 nitrogen and oxygen atoms in total. The molecule has 0 radical (unpaired) electrons. The zero-order chi connectivity index (χ0) is 7.49. The van der Waals surface area contributed by atoms with Gasteiger partial charge in [0.25, 0.3) is 0 Å². The zero-order valence-electron chi connectivity index (χ0n) is 6.52. The summed E-state index contributed by atoms with van der Waals surface area (Å²) in [7, 11) is 0. The van der Waals surface area contributed by atoms with Gasteiger partial charge in [0.2, 0.25) is 0 Å². The van der Waals surface area contributed by atoms with E-state index < -0.39 is 12.6 Å². The summed E-state index contributed by atoms with van der Waals surface area (Å²) < 4.78 is 13.7. The number of hydrogen-bond acceptors (Lipinski definition) is 2. The lowest BCUT2D eigenvalue weighted by molar-refractivity contribution is 0.172. The Hall–Kier alpha value is -0.0800. The second-order valence-corrected chi connectivity index (χ2v) is 1.47. The standard InChI is InChI=1S/C5H13NO/c1-2-3-5(7)4-6/h5,7H,2-4,6H2,1H3/i4D2. The molecule has 0 saturated carbocycles. The van der Waals surface area contributed by atoms with Gasteiger partial charge in [0, 0.05) is 9.24 Å². The minimum Gasteiger partial charge on any atom is -0.392 e. The quantitative estimate of drug-likeness (QED) is 0.535. The molecule has 0 aliphatic rings. The van der Waals surface area contributed by atoms with Gasteiger partial charge in [-0.15, -0.1) is 0 Å². The normalized spacial score (nSPS) is 20.4. The van der Waals surface area contributed by atoms with Gasteiger partial charge in [-0.05, 0) is 6.42 Å². The molecular formula is C5H13NO. The molecule has 0 amide bonds. The van der Waals surface area contributed by atoms with Gasteiger partial charge in [0.15, 0.2) is 0 Å². The van der Waals surface area contributed by atoms with Gasteiger partial charge >= 0.3 is 0 Å². The molecule has 1 unspecified atom stereocenters. The summed E-state index contributed by atoms with van der Waals surface area (Å²) in [6.45, 7) is -0.0645. The highest BCUT2D eigenvalue weighted by atomic mass is 16.3. The summed E-state index contributed by atoms with van der Waals surface area (Å²) in [6.07, 6.45) is 0.143. The van der Waals surface area contributed by atoms with Crippen LogP contribution in [-0.4, -0.2) is 17.7 Å². The van der Waals surface area contributed by atoms with Crippen molar-refractivity contribution in [2.75, 3.05) is 6.50 Å². The highest BCUT2D eigenvalue weighted by Gasteiger charge is 1.94. The van der Waals surface area contributed by atoms with Crippen LogP contribution in [0, 0.1) is 0 Å². The Morgan fingerprint density at radius 3 is 2.71 bits per heavy atom. The molecule has 0 aliphatic heterocycles. The number of nitrogens with two attached hydrogens (primary N) is 1. The maximum absolute atomic E-state index is 8.89. The van der Waals surface area contributed by atoms with Crippen LogP contribution in [-0.2, 0) is 0 Å². The van der Waals surface area contributed by atoms with Gasteiger partial charge in [-0.1, -0.05) is 13.3 Å². The predicted octanol–water partition coefficient (Wildman–Crippen LogP) is 0.106. The minimum atomic E-state index is -1.93. The lowest BCUT2D eigenvalue weighted by Gasteiger charge is -2.01. The molecule has 0 aliphatic carbocycles. The summed E-state index contributed by atoms with van der Waals surface area (Å²) in [5, 5.41) is 8.89. The fourth-order valence-electron chi connectivity index (χ4n) is 0.357. The van der Waals surface area contributed by atoms with Crippen molar-refractivity contribution in [3.8, 4) is 0 Å². The largest absolute Gasteiger partial charge is 0.392 e. The van der Waals surface area contributed by atoms with E-state index in [0.717, 1.165) is 6.42 Å². The average Bonchev–Trinajstić information content (AvgIpc) is 1.64. The summed E-state index contributed by atoms with van der Waals surface area (Å²) in [6, 6.07) is 0. The molecule has 0 saturated heterocycles. The molecule has 0 spiro atoms. The Morgan fingerprint density at radius 2 is 2.57 bits per heavy atom. The van der Waals surface area contributed by atoms with Crippen molar-refractivity contribution in [3.05, 3.63) is 0 Å². The number of aliphatic hydroxyl groups excluding tert-OH is 1. The number of rotatable bonds is 3. The zero-order valence-corrected chi connectivity index (χ0v) is 4.52. The third kappa shape index (κ3) is 3.76. The van der Waals surface area contributed by atoms with Crippen molar-refractivity contribution in [2.45, 2.75) is 25.9 Å². The first-order valence-corrected chi connectivity index (χ1v) is 2.45. The van der Waals surface area contributed by atoms with Crippen molar-refractivity contribution in [3.63, 3.8) is 0 Å². The second kappa shape index (κ2) is 4.09. The Balaban J connectivity index is 3.59. The van der Waals surface area contributed by atoms with E-state index in [0.29, 0.717) is 6.42 Å².